The van der Waals surface area contributed by atoms with Crippen LogP contribution in [0.1, 0.15) is 79.0 Å². The van der Waals surface area contributed by atoms with Crippen molar-refractivity contribution in [1.29, 1.82) is 0 Å². The summed E-state index contributed by atoms with van der Waals surface area (Å²) in [6.45, 7) is 21.1. The third-order valence-electron chi connectivity index (χ3n) is 15.5. The molecule has 9 aromatic carbocycles. The molecule has 0 amide bonds. The number of para-hydroxylation sites is 2. The molecule has 0 saturated heterocycles. The fourth-order valence-electron chi connectivity index (χ4n) is 12.1. The van der Waals surface area contributed by atoms with E-state index in [1.807, 2.05) is 0 Å². The van der Waals surface area contributed by atoms with Gasteiger partial charge in [0.2, 0.25) is 0 Å². The van der Waals surface area contributed by atoms with Gasteiger partial charge in [-0.05, 0) is 134 Å². The Kier molecular flexibility index (Phi) is 7.39. The number of aromatic nitrogens is 3. The highest BCUT2D eigenvalue weighted by atomic mass is 15.0. The minimum absolute atomic E-state index is 0.0379. The van der Waals surface area contributed by atoms with Crippen molar-refractivity contribution in [3.8, 4) is 16.8 Å². The highest BCUT2D eigenvalue weighted by Gasteiger charge is 2.30. The summed E-state index contributed by atoms with van der Waals surface area (Å²) in [5, 5.41) is 15.8. The van der Waals surface area contributed by atoms with E-state index in [1.54, 1.807) is 0 Å². The minimum atomic E-state index is -0.0688. The molecule has 5 aromatic heterocycles. The van der Waals surface area contributed by atoms with E-state index >= 15 is 0 Å². The molecule has 0 N–H and O–H groups in total. The predicted molar refractivity (Wildman–Crippen MR) is 289 cm³/mol. The van der Waals surface area contributed by atoms with Crippen molar-refractivity contribution in [2.24, 2.45) is 0 Å². The lowest BCUT2D eigenvalue weighted by molar-refractivity contribution is 0.590. The average molecular weight is 864 g/mol. The maximum Gasteiger partial charge on any atom is 0.0627 e. The van der Waals surface area contributed by atoms with Gasteiger partial charge in [0, 0.05) is 65.1 Å². The second-order valence-electron chi connectivity index (χ2n) is 22.6. The Morgan fingerprint density at radius 2 is 0.866 bits per heavy atom. The first-order valence-electron chi connectivity index (χ1n) is 24.1. The lowest BCUT2D eigenvalue weighted by Crippen LogP contribution is -2.11. The lowest BCUT2D eigenvalue weighted by Gasteiger charge is -2.21. The maximum atomic E-state index is 2.66. The molecule has 0 aliphatic heterocycles. The second-order valence-corrected chi connectivity index (χ2v) is 22.6. The Morgan fingerprint density at radius 3 is 1.61 bits per heavy atom. The Morgan fingerprint density at radius 1 is 0.313 bits per heavy atom. The smallest absolute Gasteiger partial charge is 0.0627 e. The molecule has 324 valence electrons. The highest BCUT2D eigenvalue weighted by molar-refractivity contribution is 6.40. The van der Waals surface area contributed by atoms with Crippen LogP contribution in [-0.2, 0) is 16.2 Å². The van der Waals surface area contributed by atoms with Gasteiger partial charge in [0.1, 0.15) is 0 Å². The van der Waals surface area contributed by atoms with Crippen LogP contribution in [0.4, 0.5) is 0 Å². The summed E-state index contributed by atoms with van der Waals surface area (Å²) < 4.78 is 7.67. The third-order valence-corrected chi connectivity index (χ3v) is 15.5. The summed E-state index contributed by atoms with van der Waals surface area (Å²) in [7, 11) is 0. The summed E-state index contributed by atoms with van der Waals surface area (Å²) in [6.07, 6.45) is 0. The molecule has 14 aromatic rings. The topological polar surface area (TPSA) is 13.8 Å². The molecule has 0 bridgehead atoms. The fourth-order valence-corrected chi connectivity index (χ4v) is 12.1. The first kappa shape index (κ1) is 38.9. The summed E-state index contributed by atoms with van der Waals surface area (Å²) in [5.41, 5.74) is 17.9. The van der Waals surface area contributed by atoms with Gasteiger partial charge in [-0.3, -0.25) is 0 Å². The lowest BCUT2D eigenvalue weighted by atomic mass is 9.83. The molecule has 67 heavy (non-hydrogen) atoms. The van der Waals surface area contributed by atoms with Crippen LogP contribution in [0, 0.1) is 0 Å². The van der Waals surface area contributed by atoms with Crippen molar-refractivity contribution < 1.29 is 0 Å². The zero-order chi connectivity index (χ0) is 45.6. The molecule has 0 aliphatic carbocycles. The molecule has 5 heterocycles. The molecule has 3 nitrogen and oxygen atoms in total. The Balaban J connectivity index is 1.18. The number of hydrogen-bond acceptors (Lipinski definition) is 0. The van der Waals surface area contributed by atoms with Crippen molar-refractivity contribution >= 4 is 109 Å². The fraction of sp³-hybridized carbons (Fsp3) is 0.188. The molecule has 0 fully saturated rings. The Bertz CT molecular complexity index is 4410. The normalized spacial score (nSPS) is 13.4. The number of benzene rings is 9. The molecule has 0 unspecified atom stereocenters. The van der Waals surface area contributed by atoms with Gasteiger partial charge in [-0.1, -0.05) is 135 Å². The van der Waals surface area contributed by atoms with Crippen LogP contribution in [0.2, 0.25) is 0 Å². The van der Waals surface area contributed by atoms with Crippen molar-refractivity contribution in [2.45, 2.75) is 78.6 Å². The van der Waals surface area contributed by atoms with Crippen LogP contribution in [-0.4, -0.2) is 13.4 Å². The molecule has 0 aliphatic rings. The number of fused-ring (bicyclic) bond motifs is 18. The standard InChI is InChI=1S/C64H53N3/c1-62(2,3)38-24-26-53-46(31-38)48-33-40(64(7,8)9)35-50-56-54(66(53)60(48)50)27-28-55-58(56)57-42-20-14-13-17-36(42)30-47-49-34-39(63(4,5)6)32-44(59(49)67(55)61(47)57)37-23-25-52-45(29-37)43-21-15-16-22-51(43)65(52)41-18-11-10-12-19-41/h10-35H,1-9H3. The zero-order valence-electron chi connectivity index (χ0n) is 39.9. The molecule has 0 spiro atoms. The van der Waals surface area contributed by atoms with Crippen molar-refractivity contribution in [1.82, 2.24) is 13.4 Å². The van der Waals surface area contributed by atoms with Crippen LogP contribution < -0.4 is 0 Å². The van der Waals surface area contributed by atoms with Gasteiger partial charge in [0.05, 0.1) is 44.1 Å². The van der Waals surface area contributed by atoms with Gasteiger partial charge in [-0.25, -0.2) is 0 Å². The van der Waals surface area contributed by atoms with Gasteiger partial charge in [-0.2, -0.15) is 0 Å². The second kappa shape index (κ2) is 12.7. The van der Waals surface area contributed by atoms with Crippen LogP contribution in [0.25, 0.3) is 126 Å². The van der Waals surface area contributed by atoms with E-state index in [9.17, 15) is 0 Å². The molecule has 0 radical (unpaired) electrons. The summed E-state index contributed by atoms with van der Waals surface area (Å²) >= 11 is 0. The van der Waals surface area contributed by atoms with Gasteiger partial charge in [0.25, 0.3) is 0 Å². The minimum Gasteiger partial charge on any atom is -0.309 e. The number of hydrogen-bond donors (Lipinski definition) is 0. The van der Waals surface area contributed by atoms with Crippen LogP contribution in [0.5, 0.6) is 0 Å². The first-order chi connectivity index (χ1) is 32.1. The molecular weight excluding hydrogens is 811 g/mol. The van der Waals surface area contributed by atoms with E-state index in [1.165, 1.54) is 142 Å². The highest BCUT2D eigenvalue weighted by Crippen LogP contribution is 2.52. The van der Waals surface area contributed by atoms with E-state index in [0.29, 0.717) is 0 Å². The van der Waals surface area contributed by atoms with E-state index < -0.39 is 0 Å². The SMILES string of the molecule is CC(C)(C)c1ccc2c(c1)c1cc(C(C)(C)C)cc3c4c5c6c7ccccc7cc7c8cc(C(C)(C)C)cc(-c9ccc%10c(c9)c9ccccc9n%10-c9ccccc9)c8n(c5ccc4n2c13)c76. The quantitative estimate of drug-likeness (QED) is 0.164. The van der Waals surface area contributed by atoms with Crippen LogP contribution in [0.15, 0.2) is 158 Å². The summed E-state index contributed by atoms with van der Waals surface area (Å²) in [5.74, 6) is 0. The zero-order valence-corrected chi connectivity index (χ0v) is 39.9. The molecule has 0 atom stereocenters. The van der Waals surface area contributed by atoms with Crippen molar-refractivity contribution in [3.05, 3.63) is 174 Å². The van der Waals surface area contributed by atoms with Crippen LogP contribution >= 0.6 is 0 Å². The van der Waals surface area contributed by atoms with E-state index in [0.717, 1.165) is 0 Å². The summed E-state index contributed by atoms with van der Waals surface area (Å²) in [4.78, 5) is 0. The number of rotatable bonds is 2. The Hall–Kier alpha value is -7.36. The van der Waals surface area contributed by atoms with Gasteiger partial charge < -0.3 is 13.4 Å². The van der Waals surface area contributed by atoms with E-state index in [4.69, 9.17) is 0 Å². The molecular formula is C64H53N3. The largest absolute Gasteiger partial charge is 0.309 e. The maximum absolute atomic E-state index is 2.66. The summed E-state index contributed by atoms with van der Waals surface area (Å²) in [6, 6.07) is 60.6. The monoisotopic (exact) mass is 863 g/mol. The molecule has 14 rings (SSSR count). The third kappa shape index (κ3) is 5.12. The molecule has 0 saturated carbocycles. The number of nitrogens with zero attached hydrogens (tertiary/aromatic N) is 3. The van der Waals surface area contributed by atoms with E-state index in [2.05, 4.69) is 233 Å². The average Bonchev–Trinajstić information content (AvgIpc) is 4.10. The molecule has 3 heteroatoms. The Labute approximate surface area is 390 Å². The van der Waals surface area contributed by atoms with E-state index in [-0.39, 0.29) is 16.2 Å². The van der Waals surface area contributed by atoms with Crippen LogP contribution in [0.3, 0.4) is 0 Å². The van der Waals surface area contributed by atoms with Gasteiger partial charge >= 0.3 is 0 Å². The van der Waals surface area contributed by atoms with Crippen molar-refractivity contribution in [2.75, 3.05) is 0 Å². The van der Waals surface area contributed by atoms with Gasteiger partial charge in [0.15, 0.2) is 0 Å². The first-order valence-corrected chi connectivity index (χ1v) is 24.1. The van der Waals surface area contributed by atoms with Gasteiger partial charge in [-0.15, -0.1) is 0 Å². The predicted octanol–water partition coefficient (Wildman–Crippen LogP) is 17.8. The van der Waals surface area contributed by atoms with Crippen molar-refractivity contribution in [3.63, 3.8) is 0 Å².